The van der Waals surface area contributed by atoms with Crippen molar-refractivity contribution in [2.45, 2.75) is 38.5 Å². The molecule has 2 bridgehead atoms. The second kappa shape index (κ2) is 6.52. The van der Waals surface area contributed by atoms with Crippen LogP contribution >= 0.6 is 11.6 Å². The van der Waals surface area contributed by atoms with E-state index >= 15 is 0 Å². The highest BCUT2D eigenvalue weighted by Gasteiger charge is 2.61. The molecule has 28 heavy (non-hydrogen) atoms. The molecule has 144 valence electrons. The van der Waals surface area contributed by atoms with Crippen molar-refractivity contribution < 1.29 is 14.0 Å². The lowest BCUT2D eigenvalue weighted by molar-refractivity contribution is -0.125. The number of carbonyl (C=O) groups excluding carboxylic acids is 2. The molecule has 0 amide bonds. The number of halogens is 2. The molecule has 0 radical (unpaired) electrons. The van der Waals surface area contributed by atoms with E-state index in [1.54, 1.807) is 12.1 Å². The average Bonchev–Trinajstić information content (AvgIpc) is 3.35. The SMILES string of the molecule is CCc1ccc(-c2ccc(Cl)cc2F)cc1C1C(=O)C2C3CCC(C3)C2C1=O. The van der Waals surface area contributed by atoms with E-state index in [4.69, 9.17) is 11.6 Å². The maximum Gasteiger partial charge on any atom is 0.151 e. The summed E-state index contributed by atoms with van der Waals surface area (Å²) in [5.74, 6) is -0.271. The van der Waals surface area contributed by atoms with E-state index in [0.29, 0.717) is 28.0 Å². The molecule has 0 aliphatic heterocycles. The number of carbonyl (C=O) groups is 2. The van der Waals surface area contributed by atoms with Gasteiger partial charge in [0.25, 0.3) is 0 Å². The molecule has 0 saturated heterocycles. The highest BCUT2D eigenvalue weighted by Crippen LogP contribution is 2.59. The molecule has 0 aromatic heterocycles. The number of hydrogen-bond donors (Lipinski definition) is 0. The molecule has 2 aromatic carbocycles. The number of rotatable bonds is 3. The Balaban J connectivity index is 1.60. The Morgan fingerprint density at radius 3 is 2.29 bits per heavy atom. The summed E-state index contributed by atoms with van der Waals surface area (Å²) in [6.07, 6.45) is 3.93. The summed E-state index contributed by atoms with van der Waals surface area (Å²) in [5.41, 5.74) is 2.89. The first-order valence-electron chi connectivity index (χ1n) is 10.1. The Kier molecular flexibility index (Phi) is 4.20. The van der Waals surface area contributed by atoms with Gasteiger partial charge in [0.05, 0.1) is 0 Å². The van der Waals surface area contributed by atoms with Crippen LogP contribution in [0, 0.1) is 29.5 Å². The number of benzene rings is 2. The van der Waals surface area contributed by atoms with Crippen LogP contribution in [-0.4, -0.2) is 11.6 Å². The second-order valence-corrected chi connectivity index (χ2v) is 8.95. The monoisotopic (exact) mass is 396 g/mol. The van der Waals surface area contributed by atoms with Crippen molar-refractivity contribution in [1.29, 1.82) is 0 Å². The Morgan fingerprint density at radius 1 is 1.00 bits per heavy atom. The van der Waals surface area contributed by atoms with Crippen LogP contribution in [0.2, 0.25) is 5.02 Å². The summed E-state index contributed by atoms with van der Waals surface area (Å²) in [4.78, 5) is 26.6. The van der Waals surface area contributed by atoms with Crippen LogP contribution in [0.15, 0.2) is 36.4 Å². The molecule has 5 rings (SSSR count). The zero-order valence-electron chi connectivity index (χ0n) is 15.8. The van der Waals surface area contributed by atoms with E-state index in [2.05, 4.69) is 0 Å². The topological polar surface area (TPSA) is 34.1 Å². The number of fused-ring (bicyclic) bond motifs is 5. The summed E-state index contributed by atoms with van der Waals surface area (Å²) in [5, 5.41) is 0.344. The third-order valence-electron chi connectivity index (χ3n) is 7.22. The van der Waals surface area contributed by atoms with Gasteiger partial charge in [-0.05, 0) is 78.5 Å². The van der Waals surface area contributed by atoms with Crippen LogP contribution in [0.4, 0.5) is 4.39 Å². The van der Waals surface area contributed by atoms with Crippen molar-refractivity contribution in [3.63, 3.8) is 0 Å². The van der Waals surface area contributed by atoms with Gasteiger partial charge in [-0.2, -0.15) is 0 Å². The quantitative estimate of drug-likeness (QED) is 0.632. The Hall–Kier alpha value is -2.00. The normalized spacial score (nSPS) is 30.9. The standard InChI is InChI=1S/C24H22ClFO2/c1-2-12-3-4-13(17-8-7-16(25)11-19(17)26)10-18(12)22-23(27)20-14-5-6-15(9-14)21(20)24(22)28/h3-4,7-8,10-11,14-15,20-22H,2,5-6,9H2,1H3. The predicted octanol–water partition coefficient (Wildman–Crippen LogP) is 5.61. The fourth-order valence-corrected chi connectivity index (χ4v) is 6.18. The third-order valence-corrected chi connectivity index (χ3v) is 7.46. The van der Waals surface area contributed by atoms with Crippen molar-refractivity contribution in [3.05, 3.63) is 58.4 Å². The van der Waals surface area contributed by atoms with Gasteiger partial charge in [-0.1, -0.05) is 30.7 Å². The average molecular weight is 397 g/mol. The Labute approximate surface area is 169 Å². The van der Waals surface area contributed by atoms with Crippen LogP contribution < -0.4 is 0 Å². The lowest BCUT2D eigenvalue weighted by Crippen LogP contribution is -2.24. The number of Topliss-reactive ketones (excluding diaryl/α,β-unsaturated/α-hetero) is 2. The Bertz CT molecular complexity index is 970. The van der Waals surface area contributed by atoms with E-state index in [9.17, 15) is 14.0 Å². The van der Waals surface area contributed by atoms with Crippen molar-refractivity contribution in [2.24, 2.45) is 23.7 Å². The van der Waals surface area contributed by atoms with Gasteiger partial charge in [0.15, 0.2) is 11.6 Å². The summed E-state index contributed by atoms with van der Waals surface area (Å²) < 4.78 is 14.5. The molecule has 2 aromatic rings. The molecule has 2 nitrogen and oxygen atoms in total. The maximum atomic E-state index is 14.5. The fraction of sp³-hybridized carbons (Fsp3) is 0.417. The van der Waals surface area contributed by atoms with E-state index in [1.165, 1.54) is 6.07 Å². The van der Waals surface area contributed by atoms with Crippen LogP contribution in [-0.2, 0) is 16.0 Å². The van der Waals surface area contributed by atoms with Gasteiger partial charge in [-0.3, -0.25) is 9.59 Å². The molecule has 4 heteroatoms. The van der Waals surface area contributed by atoms with E-state index in [-0.39, 0.29) is 23.4 Å². The molecule has 0 N–H and O–H groups in total. The number of aryl methyl sites for hydroxylation is 1. The summed E-state index contributed by atoms with van der Waals surface area (Å²) in [6, 6.07) is 10.2. The van der Waals surface area contributed by atoms with Gasteiger partial charge in [0.1, 0.15) is 11.7 Å². The summed E-state index contributed by atoms with van der Waals surface area (Å²) in [6.45, 7) is 2.02. The van der Waals surface area contributed by atoms with Gasteiger partial charge in [-0.15, -0.1) is 0 Å². The van der Waals surface area contributed by atoms with Crippen molar-refractivity contribution >= 4 is 23.2 Å². The molecule has 3 aliphatic carbocycles. The minimum atomic E-state index is -0.677. The maximum absolute atomic E-state index is 14.5. The molecule has 4 atom stereocenters. The highest BCUT2D eigenvalue weighted by atomic mass is 35.5. The van der Waals surface area contributed by atoms with Crippen molar-refractivity contribution in [3.8, 4) is 11.1 Å². The summed E-state index contributed by atoms with van der Waals surface area (Å²) >= 11 is 5.88. The lowest BCUT2D eigenvalue weighted by atomic mass is 9.81. The van der Waals surface area contributed by atoms with Gasteiger partial charge in [-0.25, -0.2) is 4.39 Å². The van der Waals surface area contributed by atoms with E-state index in [1.807, 2.05) is 25.1 Å². The molecule has 3 saturated carbocycles. The molecular formula is C24H22ClFO2. The summed E-state index contributed by atoms with van der Waals surface area (Å²) in [7, 11) is 0. The zero-order valence-corrected chi connectivity index (χ0v) is 16.5. The van der Waals surface area contributed by atoms with Gasteiger partial charge in [0, 0.05) is 22.4 Å². The lowest BCUT2D eigenvalue weighted by Gasteiger charge is -2.21. The minimum Gasteiger partial charge on any atom is -0.298 e. The molecule has 0 heterocycles. The van der Waals surface area contributed by atoms with Gasteiger partial charge in [0.2, 0.25) is 0 Å². The predicted molar refractivity (Wildman–Crippen MR) is 107 cm³/mol. The Morgan fingerprint density at radius 2 is 1.68 bits per heavy atom. The molecule has 4 unspecified atom stereocenters. The van der Waals surface area contributed by atoms with Crippen LogP contribution in [0.25, 0.3) is 11.1 Å². The molecule has 3 aliphatic rings. The first-order valence-corrected chi connectivity index (χ1v) is 10.5. The van der Waals surface area contributed by atoms with Crippen LogP contribution in [0.3, 0.4) is 0 Å². The molecule has 0 spiro atoms. The largest absolute Gasteiger partial charge is 0.298 e. The third kappa shape index (κ3) is 2.52. The smallest absolute Gasteiger partial charge is 0.151 e. The first-order chi connectivity index (χ1) is 13.5. The molecular weight excluding hydrogens is 375 g/mol. The first kappa shape index (κ1) is 18.1. The zero-order chi connectivity index (χ0) is 19.6. The van der Waals surface area contributed by atoms with Crippen LogP contribution in [0.1, 0.15) is 43.2 Å². The van der Waals surface area contributed by atoms with E-state index < -0.39 is 11.7 Å². The number of hydrogen-bond acceptors (Lipinski definition) is 2. The van der Waals surface area contributed by atoms with E-state index in [0.717, 1.165) is 36.8 Å². The van der Waals surface area contributed by atoms with Gasteiger partial charge >= 0.3 is 0 Å². The highest BCUT2D eigenvalue weighted by molar-refractivity contribution is 6.30. The van der Waals surface area contributed by atoms with Gasteiger partial charge < -0.3 is 0 Å². The minimum absolute atomic E-state index is 0.0862. The fourth-order valence-electron chi connectivity index (χ4n) is 6.02. The van der Waals surface area contributed by atoms with Crippen LogP contribution in [0.5, 0.6) is 0 Å². The molecule has 3 fully saturated rings. The second-order valence-electron chi connectivity index (χ2n) is 8.51. The van der Waals surface area contributed by atoms with Crippen molar-refractivity contribution in [2.75, 3.05) is 0 Å². The number of ketones is 2. The van der Waals surface area contributed by atoms with Crippen molar-refractivity contribution in [1.82, 2.24) is 0 Å².